The molecule has 0 saturated carbocycles. The first kappa shape index (κ1) is 20.2. The molecule has 27 heavy (non-hydrogen) atoms. The minimum absolute atomic E-state index is 0.0637. The maximum atomic E-state index is 12.3. The molecular weight excluding hydrogens is 356 g/mol. The van der Waals surface area contributed by atoms with E-state index in [-0.39, 0.29) is 17.4 Å². The quantitative estimate of drug-likeness (QED) is 0.623. The summed E-state index contributed by atoms with van der Waals surface area (Å²) < 4.78 is 39.6. The lowest BCUT2D eigenvalue weighted by Gasteiger charge is -2.15. The maximum Gasteiger partial charge on any atom is 0.387 e. The van der Waals surface area contributed by atoms with Gasteiger partial charge in [-0.15, -0.1) is 0 Å². The second kappa shape index (κ2) is 10.2. The molecule has 0 heterocycles. The fourth-order valence-electron chi connectivity index (χ4n) is 2.20. The Kier molecular flexibility index (Phi) is 7.61. The van der Waals surface area contributed by atoms with Gasteiger partial charge in [-0.3, -0.25) is 4.79 Å². The second-order valence-electron chi connectivity index (χ2n) is 5.54. The number of carbonyl (C=O) groups is 1. The predicted molar refractivity (Wildman–Crippen MR) is 98.2 cm³/mol. The third kappa shape index (κ3) is 6.62. The Morgan fingerprint density at radius 3 is 2.56 bits per heavy atom. The van der Waals surface area contributed by atoms with Gasteiger partial charge in [0.25, 0.3) is 0 Å². The molecule has 5 nitrogen and oxygen atoms in total. The van der Waals surface area contributed by atoms with Crippen molar-refractivity contribution in [1.29, 1.82) is 0 Å². The van der Waals surface area contributed by atoms with Crippen molar-refractivity contribution >= 4 is 12.0 Å². The molecule has 0 spiro atoms. The number of rotatable bonds is 9. The lowest BCUT2D eigenvalue weighted by Crippen LogP contribution is -2.29. The van der Waals surface area contributed by atoms with E-state index in [0.29, 0.717) is 18.7 Å². The van der Waals surface area contributed by atoms with E-state index >= 15 is 0 Å². The number of amides is 1. The molecule has 0 N–H and O–H groups in total. The molecule has 0 bridgehead atoms. The Bertz CT molecular complexity index is 766. The fourth-order valence-corrected chi connectivity index (χ4v) is 2.20. The Morgan fingerprint density at radius 1 is 1.15 bits per heavy atom. The van der Waals surface area contributed by atoms with Crippen LogP contribution in [0.25, 0.3) is 6.08 Å². The smallest absolute Gasteiger partial charge is 0.387 e. The Labute approximate surface area is 156 Å². The molecule has 7 heteroatoms. The zero-order valence-corrected chi connectivity index (χ0v) is 15.1. The normalized spacial score (nSPS) is 10.9. The van der Waals surface area contributed by atoms with Gasteiger partial charge in [-0.2, -0.15) is 8.78 Å². The molecule has 144 valence electrons. The van der Waals surface area contributed by atoms with E-state index < -0.39 is 6.61 Å². The molecule has 1 amide bonds. The molecular formula is C20H21F2NO4. The summed E-state index contributed by atoms with van der Waals surface area (Å²) >= 11 is 0. The number of benzene rings is 2. The molecule has 0 unspecified atom stereocenters. The average molecular weight is 377 g/mol. The third-order valence-corrected chi connectivity index (χ3v) is 3.64. The molecule has 2 aromatic rings. The van der Waals surface area contributed by atoms with Crippen LogP contribution in [0.2, 0.25) is 0 Å². The van der Waals surface area contributed by atoms with E-state index in [9.17, 15) is 13.6 Å². The Balaban J connectivity index is 1.89. The van der Waals surface area contributed by atoms with Gasteiger partial charge in [-0.1, -0.05) is 24.3 Å². The van der Waals surface area contributed by atoms with Crippen LogP contribution in [-0.4, -0.2) is 44.7 Å². The number of alkyl halides is 2. The van der Waals surface area contributed by atoms with Crippen molar-refractivity contribution < 1.29 is 27.8 Å². The van der Waals surface area contributed by atoms with Gasteiger partial charge >= 0.3 is 6.61 Å². The summed E-state index contributed by atoms with van der Waals surface area (Å²) in [5, 5.41) is 0. The van der Waals surface area contributed by atoms with Crippen LogP contribution in [0.3, 0.4) is 0 Å². The molecule has 0 fully saturated rings. The number of likely N-dealkylation sites (N-methyl/N-ethyl adjacent to an activating group) is 1. The Morgan fingerprint density at radius 2 is 1.89 bits per heavy atom. The topological polar surface area (TPSA) is 48.0 Å². The van der Waals surface area contributed by atoms with E-state index in [1.54, 1.807) is 19.2 Å². The number of methoxy groups -OCH3 is 1. The average Bonchev–Trinajstić information content (AvgIpc) is 2.67. The first-order valence-electron chi connectivity index (χ1n) is 8.23. The standard InChI is InChI=1S/C20H21F2NO4/c1-23(12-13-26-16-6-4-3-5-7-16)19(24)11-9-15-8-10-17(27-20(21)22)18(14-15)25-2/h3-11,14,20H,12-13H2,1-2H3. The SMILES string of the molecule is COc1cc(C=CC(=O)N(C)CCOc2ccccc2)ccc1OC(F)F. The van der Waals surface area contributed by atoms with Crippen LogP contribution in [0.15, 0.2) is 54.6 Å². The van der Waals surface area contributed by atoms with Crippen LogP contribution in [0.4, 0.5) is 8.78 Å². The molecule has 0 atom stereocenters. The molecule has 2 rings (SSSR count). The second-order valence-corrected chi connectivity index (χ2v) is 5.54. The summed E-state index contributed by atoms with van der Waals surface area (Å²) in [6.45, 7) is -2.15. The molecule has 0 radical (unpaired) electrons. The van der Waals surface area contributed by atoms with Gasteiger partial charge in [0.15, 0.2) is 11.5 Å². The molecule has 2 aromatic carbocycles. The van der Waals surface area contributed by atoms with E-state index in [2.05, 4.69) is 4.74 Å². The van der Waals surface area contributed by atoms with E-state index in [1.807, 2.05) is 30.3 Å². The molecule has 0 aliphatic carbocycles. The third-order valence-electron chi connectivity index (χ3n) is 3.64. The van der Waals surface area contributed by atoms with Gasteiger partial charge < -0.3 is 19.1 Å². The highest BCUT2D eigenvalue weighted by Gasteiger charge is 2.11. The van der Waals surface area contributed by atoms with Crippen LogP contribution in [0, 0.1) is 0 Å². The highest BCUT2D eigenvalue weighted by atomic mass is 19.3. The first-order valence-corrected chi connectivity index (χ1v) is 8.23. The van der Waals surface area contributed by atoms with Gasteiger partial charge in [0.1, 0.15) is 12.4 Å². The van der Waals surface area contributed by atoms with Gasteiger partial charge in [0.2, 0.25) is 5.91 Å². The van der Waals surface area contributed by atoms with Crippen molar-refractivity contribution in [2.75, 3.05) is 27.3 Å². The number of hydrogen-bond acceptors (Lipinski definition) is 4. The zero-order chi connectivity index (χ0) is 19.6. The van der Waals surface area contributed by atoms with E-state index in [4.69, 9.17) is 9.47 Å². The number of hydrogen-bond donors (Lipinski definition) is 0. The van der Waals surface area contributed by atoms with Crippen LogP contribution in [-0.2, 0) is 4.79 Å². The van der Waals surface area contributed by atoms with Crippen molar-refractivity contribution in [2.24, 2.45) is 0 Å². The van der Waals surface area contributed by atoms with Crippen molar-refractivity contribution in [2.45, 2.75) is 6.61 Å². The lowest BCUT2D eigenvalue weighted by molar-refractivity contribution is -0.125. The van der Waals surface area contributed by atoms with E-state index in [0.717, 1.165) is 5.75 Å². The first-order chi connectivity index (χ1) is 13.0. The number of para-hydroxylation sites is 1. The predicted octanol–water partition coefficient (Wildman–Crippen LogP) is 3.85. The van der Waals surface area contributed by atoms with Gasteiger partial charge in [0.05, 0.1) is 13.7 Å². The van der Waals surface area contributed by atoms with Crippen molar-refractivity contribution in [3.05, 3.63) is 60.2 Å². The van der Waals surface area contributed by atoms with Gasteiger partial charge in [-0.25, -0.2) is 0 Å². The maximum absolute atomic E-state index is 12.3. The lowest BCUT2D eigenvalue weighted by atomic mass is 10.2. The molecule has 0 aliphatic heterocycles. The Hall–Kier alpha value is -3.09. The molecule has 0 aromatic heterocycles. The van der Waals surface area contributed by atoms with Crippen LogP contribution in [0.5, 0.6) is 17.2 Å². The minimum atomic E-state index is -2.94. The van der Waals surface area contributed by atoms with Crippen LogP contribution >= 0.6 is 0 Å². The summed E-state index contributed by atoms with van der Waals surface area (Å²) in [7, 11) is 3.02. The van der Waals surface area contributed by atoms with Crippen molar-refractivity contribution in [3.63, 3.8) is 0 Å². The van der Waals surface area contributed by atoms with Crippen molar-refractivity contribution in [3.8, 4) is 17.2 Å². The highest BCUT2D eigenvalue weighted by Crippen LogP contribution is 2.29. The number of ether oxygens (including phenoxy) is 3. The van der Waals surface area contributed by atoms with Crippen LogP contribution in [0.1, 0.15) is 5.56 Å². The zero-order valence-electron chi connectivity index (χ0n) is 15.1. The van der Waals surface area contributed by atoms with Gasteiger partial charge in [0, 0.05) is 13.1 Å². The minimum Gasteiger partial charge on any atom is -0.493 e. The summed E-state index contributed by atoms with van der Waals surface area (Å²) in [5.41, 5.74) is 0.621. The summed E-state index contributed by atoms with van der Waals surface area (Å²) in [6, 6.07) is 13.8. The summed E-state index contributed by atoms with van der Waals surface area (Å²) in [4.78, 5) is 13.7. The highest BCUT2D eigenvalue weighted by molar-refractivity contribution is 5.91. The number of nitrogens with zero attached hydrogens (tertiary/aromatic N) is 1. The monoisotopic (exact) mass is 377 g/mol. The summed E-state index contributed by atoms with van der Waals surface area (Å²) in [6.07, 6.45) is 2.97. The number of halogens is 2. The number of carbonyl (C=O) groups excluding carboxylic acids is 1. The van der Waals surface area contributed by atoms with E-state index in [1.165, 1.54) is 30.2 Å². The van der Waals surface area contributed by atoms with Crippen molar-refractivity contribution in [1.82, 2.24) is 4.90 Å². The summed E-state index contributed by atoms with van der Waals surface area (Å²) in [5.74, 6) is 0.631. The molecule has 0 aliphatic rings. The largest absolute Gasteiger partial charge is 0.493 e. The van der Waals surface area contributed by atoms with Gasteiger partial charge in [-0.05, 0) is 35.9 Å². The fraction of sp³-hybridized carbons (Fsp3) is 0.250. The molecule has 0 saturated heterocycles. The van der Waals surface area contributed by atoms with Crippen LogP contribution < -0.4 is 14.2 Å².